The molecular weight excluding hydrogens is 732 g/mol. The summed E-state index contributed by atoms with van der Waals surface area (Å²) in [5.74, 6) is -1.72. The molecule has 0 radical (unpaired) electrons. The van der Waals surface area contributed by atoms with E-state index in [4.69, 9.17) is 51.1 Å². The van der Waals surface area contributed by atoms with Gasteiger partial charge in [0.15, 0.2) is 0 Å². The van der Waals surface area contributed by atoms with E-state index in [2.05, 4.69) is 0 Å². The third kappa shape index (κ3) is 10.3. The molecule has 5 rings (SSSR count). The van der Waals surface area contributed by atoms with Crippen LogP contribution >= 0.6 is 46.4 Å². The summed E-state index contributed by atoms with van der Waals surface area (Å²) in [4.78, 5) is 58.5. The van der Waals surface area contributed by atoms with Gasteiger partial charge in [-0.2, -0.15) is 0 Å². The number of ether oxygens (including phenoxy) is 1. The first kappa shape index (κ1) is 38.2. The highest BCUT2D eigenvalue weighted by Gasteiger charge is 2.41. The van der Waals surface area contributed by atoms with Crippen molar-refractivity contribution in [2.75, 3.05) is 39.8 Å². The largest absolute Gasteiger partial charge is 0.468 e. The summed E-state index contributed by atoms with van der Waals surface area (Å²) in [5.41, 5.74) is 4.65. The number of halogens is 4. The van der Waals surface area contributed by atoms with Crippen LogP contribution in [0.4, 0.5) is 0 Å². The van der Waals surface area contributed by atoms with Gasteiger partial charge in [-0.15, -0.1) is 0 Å². The molecule has 1 unspecified atom stereocenters. The molecule has 0 saturated carbocycles. The number of hydrogen-bond donors (Lipinski definition) is 0. The number of hydrogen-bond acceptors (Lipinski definition) is 5. The van der Waals surface area contributed by atoms with Gasteiger partial charge in [-0.3, -0.25) is 19.2 Å². The minimum absolute atomic E-state index is 0.122. The van der Waals surface area contributed by atoms with Crippen molar-refractivity contribution in [1.29, 1.82) is 0 Å². The molecular formula is C39H37Cl4N3O5. The Hall–Kier alpha value is -4.08. The van der Waals surface area contributed by atoms with Gasteiger partial charge in [0.2, 0.25) is 17.7 Å². The fourth-order valence-electron chi connectivity index (χ4n) is 6.03. The summed E-state index contributed by atoms with van der Waals surface area (Å²) in [7, 11) is 1.24. The van der Waals surface area contributed by atoms with Crippen LogP contribution in [-0.4, -0.2) is 84.3 Å². The highest BCUT2D eigenvalue weighted by Crippen LogP contribution is 2.25. The average molecular weight is 770 g/mol. The van der Waals surface area contributed by atoms with Crippen LogP contribution in [0, 0.1) is 0 Å². The maximum absolute atomic E-state index is 14.1. The fraction of sp³-hybridized carbons (Fsp3) is 0.282. The van der Waals surface area contributed by atoms with Crippen LogP contribution < -0.4 is 0 Å². The lowest BCUT2D eigenvalue weighted by atomic mass is 10.0. The zero-order valence-corrected chi connectivity index (χ0v) is 31.0. The first-order chi connectivity index (χ1) is 24.5. The van der Waals surface area contributed by atoms with Crippen LogP contribution in [0.1, 0.15) is 23.1 Å². The van der Waals surface area contributed by atoms with Gasteiger partial charge in [0.1, 0.15) is 12.6 Å². The number of amides is 3. The van der Waals surface area contributed by atoms with Gasteiger partial charge in [-0.1, -0.05) is 113 Å². The minimum atomic E-state index is -1.08. The Labute approximate surface area is 317 Å². The normalized spacial score (nSPS) is 14.5. The van der Waals surface area contributed by atoms with Crippen molar-refractivity contribution < 1.29 is 23.9 Å². The lowest BCUT2D eigenvalue weighted by Crippen LogP contribution is -2.61. The van der Waals surface area contributed by atoms with Crippen molar-refractivity contribution in [2.24, 2.45) is 0 Å². The molecule has 1 aliphatic rings. The molecule has 8 nitrogen and oxygen atoms in total. The molecule has 0 spiro atoms. The number of carbonyl (C=O) groups is 4. The molecule has 0 bridgehead atoms. The molecule has 4 aromatic rings. The van der Waals surface area contributed by atoms with Crippen LogP contribution in [0.25, 0.3) is 11.1 Å². The number of benzene rings is 4. The maximum Gasteiger partial charge on any atom is 0.325 e. The fourth-order valence-corrected chi connectivity index (χ4v) is 7.03. The SMILES string of the molecule is COC(=O)CN(CCc1ccc(Cl)cc1Cl)C(=O)CC1C(=O)N(CCc2ccc(Cl)cc2Cl)CC(=O)N1CCc1ccc(-c2ccccc2)cc1. The highest BCUT2D eigenvalue weighted by molar-refractivity contribution is 6.35. The van der Waals surface area contributed by atoms with Crippen molar-refractivity contribution >= 4 is 70.1 Å². The highest BCUT2D eigenvalue weighted by atomic mass is 35.5. The zero-order chi connectivity index (χ0) is 36.5. The molecule has 3 amide bonds. The maximum atomic E-state index is 14.1. The number of methoxy groups -OCH3 is 1. The van der Waals surface area contributed by atoms with Crippen molar-refractivity contribution in [3.8, 4) is 11.1 Å². The zero-order valence-electron chi connectivity index (χ0n) is 28.0. The molecule has 1 heterocycles. The Bertz CT molecular complexity index is 1870. The van der Waals surface area contributed by atoms with E-state index in [1.54, 1.807) is 36.4 Å². The molecule has 0 N–H and O–H groups in total. The van der Waals surface area contributed by atoms with Crippen LogP contribution in [0.5, 0.6) is 0 Å². The lowest BCUT2D eigenvalue weighted by molar-refractivity contribution is -0.158. The van der Waals surface area contributed by atoms with Crippen molar-refractivity contribution in [3.63, 3.8) is 0 Å². The summed E-state index contributed by atoms with van der Waals surface area (Å²) in [6, 6.07) is 27.2. The first-order valence-electron chi connectivity index (χ1n) is 16.5. The van der Waals surface area contributed by atoms with Gasteiger partial charge in [-0.25, -0.2) is 0 Å². The molecule has 1 aliphatic heterocycles. The molecule has 51 heavy (non-hydrogen) atoms. The molecule has 0 aliphatic carbocycles. The Balaban J connectivity index is 1.35. The summed E-state index contributed by atoms with van der Waals surface area (Å²) >= 11 is 24.9. The van der Waals surface area contributed by atoms with Gasteiger partial charge in [0.25, 0.3) is 0 Å². The van der Waals surface area contributed by atoms with E-state index >= 15 is 0 Å². The number of piperazine rings is 1. The Morgan fingerprint density at radius 1 is 0.765 bits per heavy atom. The van der Waals surface area contributed by atoms with E-state index in [0.717, 1.165) is 27.8 Å². The molecule has 4 aromatic carbocycles. The molecule has 266 valence electrons. The van der Waals surface area contributed by atoms with Gasteiger partial charge in [0.05, 0.1) is 20.1 Å². The van der Waals surface area contributed by atoms with E-state index in [1.807, 2.05) is 54.6 Å². The van der Waals surface area contributed by atoms with E-state index in [0.29, 0.717) is 39.4 Å². The minimum Gasteiger partial charge on any atom is -0.468 e. The van der Waals surface area contributed by atoms with E-state index in [-0.39, 0.29) is 51.0 Å². The summed E-state index contributed by atoms with van der Waals surface area (Å²) < 4.78 is 4.87. The second kappa shape index (κ2) is 17.9. The van der Waals surface area contributed by atoms with Gasteiger partial charge in [0, 0.05) is 39.7 Å². The Kier molecular flexibility index (Phi) is 13.4. The van der Waals surface area contributed by atoms with Crippen molar-refractivity contribution in [3.05, 3.63) is 128 Å². The van der Waals surface area contributed by atoms with Crippen LogP contribution in [0.2, 0.25) is 20.1 Å². The van der Waals surface area contributed by atoms with Crippen molar-refractivity contribution in [2.45, 2.75) is 31.7 Å². The standard InChI is InChI=1S/C39H37Cl4N3O5/c1-51-38(49)25-44(18-16-29-11-13-31(40)21-33(29)42)36(47)23-35-39(50)45(19-17-30-12-14-32(41)22-34(30)43)24-37(48)46(35)20-15-26-7-9-28(10-8-26)27-5-3-2-4-6-27/h2-14,21-22,35H,15-20,23-25H2,1H3. The van der Waals surface area contributed by atoms with E-state index in [9.17, 15) is 19.2 Å². The monoisotopic (exact) mass is 767 g/mol. The second-order valence-corrected chi connectivity index (χ2v) is 13.9. The van der Waals surface area contributed by atoms with Crippen LogP contribution in [-0.2, 0) is 43.2 Å². The van der Waals surface area contributed by atoms with E-state index < -0.39 is 17.9 Å². The molecule has 1 atom stereocenters. The third-order valence-electron chi connectivity index (χ3n) is 8.92. The number of esters is 1. The molecule has 1 fully saturated rings. The molecule has 1 saturated heterocycles. The lowest BCUT2D eigenvalue weighted by Gasteiger charge is -2.41. The Morgan fingerprint density at radius 2 is 1.37 bits per heavy atom. The molecule has 12 heteroatoms. The van der Waals surface area contributed by atoms with Crippen LogP contribution in [0.15, 0.2) is 91.0 Å². The van der Waals surface area contributed by atoms with E-state index in [1.165, 1.54) is 21.8 Å². The summed E-state index contributed by atoms with van der Waals surface area (Å²) in [6.07, 6.45) is 0.869. The number of carbonyl (C=O) groups excluding carboxylic acids is 4. The average Bonchev–Trinajstić information content (AvgIpc) is 3.12. The van der Waals surface area contributed by atoms with Crippen LogP contribution in [0.3, 0.4) is 0 Å². The third-order valence-corrected chi connectivity index (χ3v) is 10.1. The predicted octanol–water partition coefficient (Wildman–Crippen LogP) is 7.43. The number of nitrogens with zero attached hydrogens (tertiary/aromatic N) is 3. The smallest absolute Gasteiger partial charge is 0.325 e. The van der Waals surface area contributed by atoms with Gasteiger partial charge >= 0.3 is 5.97 Å². The summed E-state index contributed by atoms with van der Waals surface area (Å²) in [6.45, 7) is 0.0923. The molecule has 0 aromatic heterocycles. The van der Waals surface area contributed by atoms with Gasteiger partial charge < -0.3 is 19.4 Å². The second-order valence-electron chi connectivity index (χ2n) is 12.2. The van der Waals surface area contributed by atoms with Crippen molar-refractivity contribution in [1.82, 2.24) is 14.7 Å². The predicted molar refractivity (Wildman–Crippen MR) is 201 cm³/mol. The first-order valence-corrected chi connectivity index (χ1v) is 18.0. The Morgan fingerprint density at radius 3 is 1.98 bits per heavy atom. The summed E-state index contributed by atoms with van der Waals surface area (Å²) in [5, 5.41) is 1.86. The number of rotatable bonds is 14. The van der Waals surface area contributed by atoms with Gasteiger partial charge in [-0.05, 0) is 71.3 Å². The topological polar surface area (TPSA) is 87.2 Å². The quantitative estimate of drug-likeness (QED) is 0.125.